The van der Waals surface area contributed by atoms with E-state index in [1.54, 1.807) is 0 Å². The lowest BCUT2D eigenvalue weighted by atomic mass is 10.0. The van der Waals surface area contributed by atoms with Gasteiger partial charge in [0, 0.05) is 0 Å². The maximum absolute atomic E-state index is 2.77. The monoisotopic (exact) mass is 395 g/mol. The molecule has 0 amide bonds. The summed E-state index contributed by atoms with van der Waals surface area (Å²) in [6.07, 6.45) is 30.2. The highest BCUT2D eigenvalue weighted by molar-refractivity contribution is 4.60. The highest BCUT2D eigenvalue weighted by Gasteiger charge is 2.04. The average molecular weight is 396 g/mol. The van der Waals surface area contributed by atoms with Crippen LogP contribution in [0.25, 0.3) is 0 Å². The Morgan fingerprint density at radius 2 is 0.500 bits per heavy atom. The first-order chi connectivity index (χ1) is 13.8. The van der Waals surface area contributed by atoms with Crippen LogP contribution >= 0.6 is 0 Å². The summed E-state index contributed by atoms with van der Waals surface area (Å²) in [5.74, 6) is 0. The second-order valence-corrected chi connectivity index (χ2v) is 9.21. The highest BCUT2D eigenvalue weighted by atomic mass is 15.1. The van der Waals surface area contributed by atoms with Crippen LogP contribution in [0.1, 0.15) is 156 Å². The molecule has 0 heterocycles. The highest BCUT2D eigenvalue weighted by Crippen LogP contribution is 2.13. The molecule has 0 radical (unpaired) electrons. The molecule has 0 aromatic rings. The van der Waals surface area contributed by atoms with Crippen LogP contribution in [0.2, 0.25) is 0 Å². The lowest BCUT2D eigenvalue weighted by Crippen LogP contribution is -2.27. The fraction of sp³-hybridized carbons (Fsp3) is 1.00. The van der Waals surface area contributed by atoms with Crippen LogP contribution in [0.5, 0.6) is 0 Å². The smallest absolute Gasteiger partial charge is 0.00187 e. The van der Waals surface area contributed by atoms with E-state index in [1.165, 1.54) is 154 Å². The molecule has 0 fully saturated rings. The van der Waals surface area contributed by atoms with Gasteiger partial charge in [-0.2, -0.15) is 0 Å². The van der Waals surface area contributed by atoms with Crippen LogP contribution in [0.15, 0.2) is 0 Å². The number of hydrogen-bond donors (Lipinski definition) is 0. The largest absolute Gasteiger partial charge is 0.303 e. The standard InChI is InChI=1S/C27H57N/c1-4-7-10-12-13-14-15-16-17-18-19-20-21-24-27-28(25-22-9-6-3)26-23-11-8-5-2/h4-27H2,1-3H3. The molecule has 28 heavy (non-hydrogen) atoms. The average Bonchev–Trinajstić information content (AvgIpc) is 2.71. The van der Waals surface area contributed by atoms with Crippen molar-refractivity contribution in [2.24, 2.45) is 0 Å². The van der Waals surface area contributed by atoms with Gasteiger partial charge in [0.25, 0.3) is 0 Å². The summed E-state index contributed by atoms with van der Waals surface area (Å²) < 4.78 is 0. The van der Waals surface area contributed by atoms with Crippen LogP contribution in [0, 0.1) is 0 Å². The molecule has 170 valence electrons. The Balaban J connectivity index is 3.44. The van der Waals surface area contributed by atoms with E-state index in [0.29, 0.717) is 0 Å². The SMILES string of the molecule is CCCCCCCCCCCCCCCCN(CCCCC)CCCCCC. The van der Waals surface area contributed by atoms with Crippen molar-refractivity contribution >= 4 is 0 Å². The summed E-state index contributed by atoms with van der Waals surface area (Å²) in [4.78, 5) is 2.77. The molecule has 0 N–H and O–H groups in total. The molecule has 0 saturated carbocycles. The van der Waals surface area contributed by atoms with Crippen molar-refractivity contribution in [2.75, 3.05) is 19.6 Å². The van der Waals surface area contributed by atoms with E-state index < -0.39 is 0 Å². The minimum absolute atomic E-state index is 1.35. The first kappa shape index (κ1) is 28.0. The normalized spacial score (nSPS) is 11.6. The lowest BCUT2D eigenvalue weighted by Gasteiger charge is -2.22. The zero-order chi connectivity index (χ0) is 20.5. The van der Waals surface area contributed by atoms with Gasteiger partial charge in [-0.15, -0.1) is 0 Å². The van der Waals surface area contributed by atoms with E-state index in [9.17, 15) is 0 Å². The second kappa shape index (κ2) is 25.0. The van der Waals surface area contributed by atoms with Crippen molar-refractivity contribution in [3.8, 4) is 0 Å². The molecule has 0 rings (SSSR count). The van der Waals surface area contributed by atoms with Gasteiger partial charge in [0.1, 0.15) is 0 Å². The molecule has 0 atom stereocenters. The topological polar surface area (TPSA) is 3.24 Å². The summed E-state index contributed by atoms with van der Waals surface area (Å²) in [7, 11) is 0. The van der Waals surface area contributed by atoms with E-state index in [-0.39, 0.29) is 0 Å². The third kappa shape index (κ3) is 22.3. The zero-order valence-electron chi connectivity index (χ0n) is 20.4. The summed E-state index contributed by atoms with van der Waals surface area (Å²) in [6.45, 7) is 11.0. The van der Waals surface area contributed by atoms with Crippen molar-refractivity contribution in [3.05, 3.63) is 0 Å². The van der Waals surface area contributed by atoms with Crippen molar-refractivity contribution in [1.82, 2.24) is 4.90 Å². The van der Waals surface area contributed by atoms with E-state index in [2.05, 4.69) is 25.7 Å². The summed E-state index contributed by atoms with van der Waals surface area (Å²) in [6, 6.07) is 0. The van der Waals surface area contributed by atoms with E-state index in [0.717, 1.165) is 0 Å². The van der Waals surface area contributed by atoms with E-state index >= 15 is 0 Å². The molecular formula is C27H57N. The van der Waals surface area contributed by atoms with Gasteiger partial charge in [0.2, 0.25) is 0 Å². The van der Waals surface area contributed by atoms with Gasteiger partial charge in [0.15, 0.2) is 0 Å². The molecule has 0 aromatic carbocycles. The predicted molar refractivity (Wildman–Crippen MR) is 130 cm³/mol. The molecule has 0 unspecified atom stereocenters. The van der Waals surface area contributed by atoms with Crippen LogP contribution < -0.4 is 0 Å². The number of hydrogen-bond acceptors (Lipinski definition) is 1. The minimum Gasteiger partial charge on any atom is -0.303 e. The van der Waals surface area contributed by atoms with Gasteiger partial charge in [-0.1, -0.05) is 136 Å². The zero-order valence-corrected chi connectivity index (χ0v) is 20.4. The molecule has 1 heteroatoms. The van der Waals surface area contributed by atoms with Crippen molar-refractivity contribution < 1.29 is 0 Å². The van der Waals surface area contributed by atoms with Gasteiger partial charge in [-0.05, 0) is 38.9 Å². The van der Waals surface area contributed by atoms with Gasteiger partial charge < -0.3 is 4.90 Å². The summed E-state index contributed by atoms with van der Waals surface area (Å²) >= 11 is 0. The fourth-order valence-electron chi connectivity index (χ4n) is 4.21. The second-order valence-electron chi connectivity index (χ2n) is 9.21. The molecule has 1 nitrogen and oxygen atoms in total. The number of unbranched alkanes of at least 4 members (excludes halogenated alkanes) is 18. The van der Waals surface area contributed by atoms with Crippen molar-refractivity contribution in [1.29, 1.82) is 0 Å². The first-order valence-corrected chi connectivity index (χ1v) is 13.6. The Morgan fingerprint density at radius 3 is 0.857 bits per heavy atom. The maximum atomic E-state index is 2.77. The summed E-state index contributed by atoms with van der Waals surface area (Å²) in [5.41, 5.74) is 0. The van der Waals surface area contributed by atoms with Crippen LogP contribution in [-0.4, -0.2) is 24.5 Å². The Hall–Kier alpha value is -0.0400. The summed E-state index contributed by atoms with van der Waals surface area (Å²) in [5, 5.41) is 0. The van der Waals surface area contributed by atoms with Gasteiger partial charge >= 0.3 is 0 Å². The third-order valence-electron chi connectivity index (χ3n) is 6.23. The Morgan fingerprint density at radius 1 is 0.286 bits per heavy atom. The maximum Gasteiger partial charge on any atom is -0.00187 e. The van der Waals surface area contributed by atoms with Crippen LogP contribution in [-0.2, 0) is 0 Å². The van der Waals surface area contributed by atoms with Crippen LogP contribution in [0.3, 0.4) is 0 Å². The molecule has 0 aliphatic heterocycles. The van der Waals surface area contributed by atoms with Crippen molar-refractivity contribution in [2.45, 2.75) is 156 Å². The number of nitrogens with zero attached hydrogens (tertiary/aromatic N) is 1. The van der Waals surface area contributed by atoms with Gasteiger partial charge in [-0.3, -0.25) is 0 Å². The van der Waals surface area contributed by atoms with Gasteiger partial charge in [-0.25, -0.2) is 0 Å². The Kier molecular flexibility index (Phi) is 25.0. The minimum atomic E-state index is 1.35. The quantitative estimate of drug-likeness (QED) is 0.147. The molecule has 0 bridgehead atoms. The molecule has 0 saturated heterocycles. The predicted octanol–water partition coefficient (Wildman–Crippen LogP) is 9.54. The molecule has 0 aliphatic rings. The van der Waals surface area contributed by atoms with Gasteiger partial charge in [0.05, 0.1) is 0 Å². The van der Waals surface area contributed by atoms with Crippen molar-refractivity contribution in [3.63, 3.8) is 0 Å². The van der Waals surface area contributed by atoms with Crippen LogP contribution in [0.4, 0.5) is 0 Å². The molecule has 0 spiro atoms. The molecule has 0 aromatic heterocycles. The third-order valence-corrected chi connectivity index (χ3v) is 6.23. The fourth-order valence-corrected chi connectivity index (χ4v) is 4.21. The Labute approximate surface area is 180 Å². The van der Waals surface area contributed by atoms with E-state index in [4.69, 9.17) is 0 Å². The molecular weight excluding hydrogens is 338 g/mol. The number of rotatable bonds is 24. The molecule has 0 aliphatic carbocycles. The lowest BCUT2D eigenvalue weighted by molar-refractivity contribution is 0.255. The van der Waals surface area contributed by atoms with E-state index in [1.807, 2.05) is 0 Å². The Bertz CT molecular complexity index is 263. The first-order valence-electron chi connectivity index (χ1n) is 13.6.